The molecule has 0 saturated heterocycles. The Hall–Kier alpha value is 0.730. The van der Waals surface area contributed by atoms with E-state index in [1.165, 1.54) is 89.9 Å². The summed E-state index contributed by atoms with van der Waals surface area (Å²) < 4.78 is 0.924. The van der Waals surface area contributed by atoms with E-state index < -0.39 is 0 Å². The molecule has 0 radical (unpaired) electrons. The van der Waals surface area contributed by atoms with Gasteiger partial charge in [-0.1, -0.05) is 95.2 Å². The molecule has 0 bridgehead atoms. The lowest BCUT2D eigenvalue weighted by atomic mass is 9.68. The van der Waals surface area contributed by atoms with E-state index in [4.69, 9.17) is 0 Å². The monoisotopic (exact) mass is 446 g/mol. The van der Waals surface area contributed by atoms with Gasteiger partial charge in [0.05, 0.1) is 0 Å². The van der Waals surface area contributed by atoms with Crippen molar-refractivity contribution in [2.24, 2.45) is 22.7 Å². The van der Waals surface area contributed by atoms with E-state index in [-0.39, 0.29) is 0 Å². The summed E-state index contributed by atoms with van der Waals surface area (Å²) in [6.45, 7) is 10.0. The summed E-state index contributed by atoms with van der Waals surface area (Å²) in [6, 6.07) is 0. The zero-order chi connectivity index (χ0) is 17.6. The highest BCUT2D eigenvalue weighted by Gasteiger charge is 2.48. The van der Waals surface area contributed by atoms with E-state index >= 15 is 0 Å². The van der Waals surface area contributed by atoms with Gasteiger partial charge in [-0.2, -0.15) is 0 Å². The van der Waals surface area contributed by atoms with Gasteiger partial charge >= 0.3 is 0 Å². The topological polar surface area (TPSA) is 0 Å². The highest BCUT2D eigenvalue weighted by molar-refractivity contribution is 14.1. The maximum absolute atomic E-state index is 2.71. The zero-order valence-electron chi connectivity index (χ0n) is 17.0. The highest BCUT2D eigenvalue weighted by atomic mass is 127. The van der Waals surface area contributed by atoms with Gasteiger partial charge in [0.15, 0.2) is 0 Å². The zero-order valence-corrected chi connectivity index (χ0v) is 19.2. The summed E-state index contributed by atoms with van der Waals surface area (Å²) in [7, 11) is 0. The molecule has 0 amide bonds. The van der Waals surface area contributed by atoms with Crippen LogP contribution in [0.15, 0.2) is 0 Å². The van der Waals surface area contributed by atoms with E-state index in [0.29, 0.717) is 5.41 Å². The van der Waals surface area contributed by atoms with Crippen LogP contribution in [0, 0.1) is 22.7 Å². The Bertz CT molecular complexity index is 365. The van der Waals surface area contributed by atoms with Crippen LogP contribution >= 0.6 is 22.6 Å². The lowest BCUT2D eigenvalue weighted by Gasteiger charge is -2.39. The molecule has 0 spiro atoms. The van der Waals surface area contributed by atoms with Crippen molar-refractivity contribution in [3.05, 3.63) is 0 Å². The van der Waals surface area contributed by atoms with Crippen molar-refractivity contribution in [3.63, 3.8) is 0 Å². The molecule has 2 fully saturated rings. The SMILES string of the molecule is CCCCCC1(C)C[C@H]1CCCCC1(C)CCCC[C@@H](I)CC1C. The first-order valence-electron chi connectivity index (χ1n) is 11.0. The molecule has 0 heterocycles. The van der Waals surface area contributed by atoms with E-state index in [1.54, 1.807) is 0 Å². The van der Waals surface area contributed by atoms with E-state index in [2.05, 4.69) is 50.3 Å². The molecule has 2 rings (SSSR count). The molecule has 24 heavy (non-hydrogen) atoms. The van der Waals surface area contributed by atoms with Crippen molar-refractivity contribution in [2.45, 2.75) is 122 Å². The molecule has 0 N–H and O–H groups in total. The van der Waals surface area contributed by atoms with E-state index in [0.717, 1.165) is 21.2 Å². The summed E-state index contributed by atoms with van der Waals surface area (Å²) in [4.78, 5) is 0. The third-order valence-corrected chi connectivity index (χ3v) is 8.89. The van der Waals surface area contributed by atoms with Gasteiger partial charge in [0.25, 0.3) is 0 Å². The standard InChI is InChI=1S/C23H43I/c1-5-6-9-16-23(4)18-20(23)12-7-10-14-22(3)15-11-8-13-21(24)17-19(22)2/h19-21H,5-18H2,1-4H3/t19?,20-,21-,22?,23?/m1/s1. The van der Waals surface area contributed by atoms with Gasteiger partial charge in [0.2, 0.25) is 0 Å². The number of rotatable bonds is 9. The Morgan fingerprint density at radius 1 is 0.958 bits per heavy atom. The van der Waals surface area contributed by atoms with Crippen LogP contribution in [0.5, 0.6) is 0 Å². The first kappa shape index (κ1) is 21.0. The van der Waals surface area contributed by atoms with Gasteiger partial charge in [0.1, 0.15) is 0 Å². The first-order valence-corrected chi connectivity index (χ1v) is 12.3. The molecule has 0 nitrogen and oxygen atoms in total. The number of alkyl halides is 1. The highest BCUT2D eigenvalue weighted by Crippen LogP contribution is 2.58. The average molecular weight is 447 g/mol. The first-order chi connectivity index (χ1) is 11.4. The van der Waals surface area contributed by atoms with E-state index in [9.17, 15) is 0 Å². The molecule has 0 aliphatic heterocycles. The molecule has 3 unspecified atom stereocenters. The molecule has 2 saturated carbocycles. The normalized spacial score (nSPS) is 40.1. The Morgan fingerprint density at radius 3 is 2.42 bits per heavy atom. The summed E-state index contributed by atoms with van der Waals surface area (Å²) in [5.41, 5.74) is 1.36. The number of hydrogen-bond acceptors (Lipinski definition) is 0. The van der Waals surface area contributed by atoms with Gasteiger partial charge in [-0.05, 0) is 67.6 Å². The smallest absolute Gasteiger partial charge is 0.0112 e. The van der Waals surface area contributed by atoms with Gasteiger partial charge in [-0.15, -0.1) is 0 Å². The Balaban J connectivity index is 1.66. The average Bonchev–Trinajstić information content (AvgIpc) is 3.18. The molecule has 2 aliphatic rings. The molecule has 0 aromatic carbocycles. The van der Waals surface area contributed by atoms with Crippen molar-refractivity contribution in [2.75, 3.05) is 0 Å². The summed E-state index contributed by atoms with van der Waals surface area (Å²) in [5.74, 6) is 1.98. The van der Waals surface area contributed by atoms with Crippen LogP contribution in [0.25, 0.3) is 0 Å². The van der Waals surface area contributed by atoms with Gasteiger partial charge < -0.3 is 0 Å². The molecule has 2 aliphatic carbocycles. The van der Waals surface area contributed by atoms with Crippen LogP contribution in [0.1, 0.15) is 118 Å². The lowest BCUT2D eigenvalue weighted by Crippen LogP contribution is -2.29. The summed E-state index contributed by atoms with van der Waals surface area (Å²) >= 11 is 2.71. The largest absolute Gasteiger partial charge is 0.0826 e. The Morgan fingerprint density at radius 2 is 1.67 bits per heavy atom. The van der Waals surface area contributed by atoms with Gasteiger partial charge in [0, 0.05) is 3.92 Å². The minimum atomic E-state index is 0.623. The van der Waals surface area contributed by atoms with Gasteiger partial charge in [-0.25, -0.2) is 0 Å². The maximum Gasteiger partial charge on any atom is 0.0112 e. The second kappa shape index (κ2) is 9.60. The van der Waals surface area contributed by atoms with Crippen molar-refractivity contribution < 1.29 is 0 Å². The third-order valence-electron chi connectivity index (χ3n) is 7.75. The van der Waals surface area contributed by atoms with Crippen LogP contribution in [0.2, 0.25) is 0 Å². The van der Waals surface area contributed by atoms with Crippen molar-refractivity contribution in [1.82, 2.24) is 0 Å². The third kappa shape index (κ3) is 6.16. The number of unbranched alkanes of at least 4 members (excludes halogenated alkanes) is 3. The number of halogens is 1. The summed E-state index contributed by atoms with van der Waals surface area (Å²) in [5, 5.41) is 0. The molecular weight excluding hydrogens is 403 g/mol. The summed E-state index contributed by atoms with van der Waals surface area (Å²) in [6.07, 6.45) is 20.6. The maximum atomic E-state index is 2.71. The fraction of sp³-hybridized carbons (Fsp3) is 1.00. The van der Waals surface area contributed by atoms with Gasteiger partial charge in [-0.3, -0.25) is 0 Å². The van der Waals surface area contributed by atoms with Crippen LogP contribution in [-0.2, 0) is 0 Å². The fourth-order valence-electron chi connectivity index (χ4n) is 5.26. The molecule has 142 valence electrons. The number of hydrogen-bond donors (Lipinski definition) is 0. The second-order valence-electron chi connectivity index (χ2n) is 9.89. The van der Waals surface area contributed by atoms with Crippen molar-refractivity contribution in [1.29, 1.82) is 0 Å². The van der Waals surface area contributed by atoms with Crippen LogP contribution in [0.3, 0.4) is 0 Å². The van der Waals surface area contributed by atoms with E-state index in [1.807, 2.05) is 0 Å². The predicted octanol–water partition coefficient (Wildman–Crippen LogP) is 8.56. The van der Waals surface area contributed by atoms with Crippen LogP contribution in [-0.4, -0.2) is 3.92 Å². The lowest BCUT2D eigenvalue weighted by molar-refractivity contribution is 0.137. The molecule has 0 aromatic rings. The fourth-order valence-corrected chi connectivity index (χ4v) is 6.46. The van der Waals surface area contributed by atoms with Crippen LogP contribution < -0.4 is 0 Å². The van der Waals surface area contributed by atoms with Crippen molar-refractivity contribution in [3.8, 4) is 0 Å². The predicted molar refractivity (Wildman–Crippen MR) is 117 cm³/mol. The molecule has 5 atom stereocenters. The quantitative estimate of drug-likeness (QED) is 0.189. The molecular formula is C23H43I. The van der Waals surface area contributed by atoms with Crippen molar-refractivity contribution >= 4 is 22.6 Å². The Labute approximate surface area is 166 Å². The second-order valence-corrected chi connectivity index (χ2v) is 11.7. The molecule has 0 aromatic heterocycles. The molecule has 1 heteroatoms. The minimum Gasteiger partial charge on any atom is -0.0826 e. The van der Waals surface area contributed by atoms with Crippen LogP contribution in [0.4, 0.5) is 0 Å². The minimum absolute atomic E-state index is 0.623. The Kier molecular flexibility index (Phi) is 8.42.